The van der Waals surface area contributed by atoms with Gasteiger partial charge in [0.15, 0.2) is 11.6 Å². The summed E-state index contributed by atoms with van der Waals surface area (Å²) in [5, 5.41) is 0.193. The van der Waals surface area contributed by atoms with Crippen molar-refractivity contribution < 1.29 is 44.9 Å². The molecule has 0 radical (unpaired) electrons. The van der Waals surface area contributed by atoms with Crippen LogP contribution in [0.5, 0.6) is 0 Å². The molecule has 2 unspecified atom stereocenters. The van der Waals surface area contributed by atoms with Gasteiger partial charge < -0.3 is 5.32 Å². The lowest BCUT2D eigenvalue weighted by atomic mass is 9.97. The van der Waals surface area contributed by atoms with Crippen molar-refractivity contribution in [2.75, 3.05) is 5.32 Å². The maximum absolute atomic E-state index is 15.2. The summed E-state index contributed by atoms with van der Waals surface area (Å²) < 4.78 is 91.4. The molecule has 1 amide bonds. The minimum absolute atomic E-state index is 0.0807. The number of hydrogen-bond donors (Lipinski definition) is 1. The average molecular weight is 733 g/mol. The monoisotopic (exact) mass is 731 g/mol. The molecule has 3 aromatic rings. The minimum Gasteiger partial charge on any atom is -0.326 e. The Morgan fingerprint density at radius 3 is 2.20 bits per heavy atom. The second-order valence-corrected chi connectivity index (χ2v) is 14.1. The standard InChI is InChI=1S/C29H19Cl4F6NO4S/c1-12(45(44)29(37,38)39)22(41)11-17-20(34)6-3-14(26(17)36)9-23(42)16-10-15(4-5-18(16)30)40-27(43)25-24(28(25,32)33)13-2-7-21(35)19(31)8-13/h2-8,10,12,24-25H,9,11H2,1H3,(H,40,43)/t12?,24-,25+,45?/m0/s1. The molecule has 1 N–H and O–H groups in total. The van der Waals surface area contributed by atoms with E-state index in [9.17, 15) is 40.5 Å². The van der Waals surface area contributed by atoms with Crippen molar-refractivity contribution in [1.29, 1.82) is 0 Å². The number of carbonyl (C=O) groups is 3. The second-order valence-electron chi connectivity index (χ2n) is 10.1. The molecule has 45 heavy (non-hydrogen) atoms. The lowest BCUT2D eigenvalue weighted by Crippen LogP contribution is -2.33. The van der Waals surface area contributed by atoms with Crippen LogP contribution in [0.3, 0.4) is 0 Å². The average Bonchev–Trinajstić information content (AvgIpc) is 3.55. The van der Waals surface area contributed by atoms with Gasteiger partial charge in [-0.2, -0.15) is 13.2 Å². The molecule has 5 nitrogen and oxygen atoms in total. The number of Topliss-reactive ketones (excluding diaryl/α,β-unsaturated/α-hetero) is 2. The van der Waals surface area contributed by atoms with Crippen molar-refractivity contribution in [1.82, 2.24) is 0 Å². The molecular formula is C29H19Cl4F6NO4S. The van der Waals surface area contributed by atoms with Gasteiger partial charge in [0.25, 0.3) is 0 Å². The molecule has 0 bridgehead atoms. The molecule has 3 aromatic carbocycles. The SMILES string of the molecule is CC(C(=O)Cc1c(F)ccc(CC(=O)c2cc(NC(=O)[C@H]3[C@H](c4ccc(F)c(Cl)c4)C3(Cl)Cl)ccc2Cl)c1F)S(=O)C(F)(F)F. The summed E-state index contributed by atoms with van der Waals surface area (Å²) in [6.45, 7) is 0.727. The van der Waals surface area contributed by atoms with Gasteiger partial charge in [-0.25, -0.2) is 17.4 Å². The molecule has 0 aromatic heterocycles. The smallest absolute Gasteiger partial charge is 0.326 e. The maximum atomic E-state index is 15.2. The van der Waals surface area contributed by atoms with Crippen molar-refractivity contribution in [3.8, 4) is 0 Å². The largest absolute Gasteiger partial charge is 0.471 e. The number of anilines is 1. The summed E-state index contributed by atoms with van der Waals surface area (Å²) >= 11 is 24.7. The third-order valence-corrected chi connectivity index (χ3v) is 10.1. The van der Waals surface area contributed by atoms with E-state index in [1.54, 1.807) is 0 Å². The number of ketones is 2. The molecule has 1 fully saturated rings. The van der Waals surface area contributed by atoms with E-state index >= 15 is 4.39 Å². The zero-order valence-corrected chi connectivity index (χ0v) is 26.4. The molecule has 1 aliphatic carbocycles. The van der Waals surface area contributed by atoms with E-state index < -0.39 is 96.6 Å². The number of carbonyl (C=O) groups excluding carboxylic acids is 3. The minimum atomic E-state index is -5.21. The maximum Gasteiger partial charge on any atom is 0.471 e. The van der Waals surface area contributed by atoms with Crippen molar-refractivity contribution in [3.63, 3.8) is 0 Å². The predicted octanol–water partition coefficient (Wildman–Crippen LogP) is 8.13. The first-order chi connectivity index (χ1) is 20.8. The quantitative estimate of drug-likeness (QED) is 0.130. The highest BCUT2D eigenvalue weighted by Gasteiger charge is 2.67. The Bertz CT molecular complexity index is 1740. The van der Waals surface area contributed by atoms with Crippen LogP contribution in [0.25, 0.3) is 0 Å². The van der Waals surface area contributed by atoms with Crippen molar-refractivity contribution >= 4 is 80.4 Å². The van der Waals surface area contributed by atoms with Crippen molar-refractivity contribution in [2.45, 2.75) is 40.8 Å². The molecule has 0 spiro atoms. The molecule has 240 valence electrons. The summed E-state index contributed by atoms with van der Waals surface area (Å²) in [5.74, 6) is -7.74. The molecule has 0 aliphatic heterocycles. The first kappa shape index (κ1) is 35.2. The fourth-order valence-electron chi connectivity index (χ4n) is 4.66. The summed E-state index contributed by atoms with van der Waals surface area (Å²) in [6.07, 6.45) is -1.85. The lowest BCUT2D eigenvalue weighted by molar-refractivity contribution is -0.118. The van der Waals surface area contributed by atoms with Crippen LogP contribution in [-0.4, -0.2) is 36.8 Å². The first-order valence-corrected chi connectivity index (χ1v) is 15.5. The van der Waals surface area contributed by atoms with Gasteiger partial charge in [-0.05, 0) is 54.4 Å². The second kappa shape index (κ2) is 13.2. The molecule has 1 aliphatic rings. The number of rotatable bonds is 10. The Kier molecular flexibility index (Phi) is 10.4. The number of alkyl halides is 5. The summed E-state index contributed by atoms with van der Waals surface area (Å²) in [6, 6.07) is 9.28. The van der Waals surface area contributed by atoms with Crippen LogP contribution in [-0.2, 0) is 33.2 Å². The molecule has 0 heterocycles. The van der Waals surface area contributed by atoms with Crippen LogP contribution >= 0.6 is 46.4 Å². The number of nitrogens with one attached hydrogen (secondary N) is 1. The van der Waals surface area contributed by atoms with Crippen LogP contribution in [0.1, 0.15) is 39.9 Å². The van der Waals surface area contributed by atoms with Gasteiger partial charge in [-0.15, -0.1) is 23.2 Å². The first-order valence-electron chi connectivity index (χ1n) is 12.8. The van der Waals surface area contributed by atoms with E-state index in [0.29, 0.717) is 5.56 Å². The van der Waals surface area contributed by atoms with Gasteiger partial charge in [0.05, 0.1) is 21.2 Å². The zero-order valence-electron chi connectivity index (χ0n) is 22.6. The fraction of sp³-hybridized carbons (Fsp3) is 0.276. The predicted molar refractivity (Wildman–Crippen MR) is 159 cm³/mol. The molecule has 16 heteroatoms. The van der Waals surface area contributed by atoms with E-state index in [0.717, 1.165) is 25.1 Å². The van der Waals surface area contributed by atoms with Crippen molar-refractivity contribution in [3.05, 3.63) is 98.3 Å². The van der Waals surface area contributed by atoms with Crippen LogP contribution < -0.4 is 5.32 Å². The third kappa shape index (κ3) is 7.51. The summed E-state index contributed by atoms with van der Waals surface area (Å²) in [5.41, 5.74) is -6.17. The van der Waals surface area contributed by atoms with Crippen LogP contribution in [0.4, 0.5) is 32.0 Å². The molecular weight excluding hydrogens is 714 g/mol. The van der Waals surface area contributed by atoms with Crippen LogP contribution in [0.2, 0.25) is 10.0 Å². The van der Waals surface area contributed by atoms with E-state index in [4.69, 9.17) is 46.4 Å². The Balaban J connectivity index is 1.50. The van der Waals surface area contributed by atoms with Crippen LogP contribution in [0.15, 0.2) is 48.5 Å². The van der Waals surface area contributed by atoms with E-state index in [1.807, 2.05) is 0 Å². The number of benzene rings is 3. The van der Waals surface area contributed by atoms with Crippen LogP contribution in [0, 0.1) is 23.4 Å². The number of halogens is 10. The van der Waals surface area contributed by atoms with Crippen molar-refractivity contribution in [2.24, 2.45) is 5.92 Å². The Labute approximate surface area is 274 Å². The lowest BCUT2D eigenvalue weighted by Gasteiger charge is -2.14. The van der Waals surface area contributed by atoms with Gasteiger partial charge in [-0.1, -0.05) is 35.3 Å². The van der Waals surface area contributed by atoms with E-state index in [1.165, 1.54) is 30.3 Å². The van der Waals surface area contributed by atoms with Gasteiger partial charge in [0, 0.05) is 35.6 Å². The fourth-order valence-corrected chi connectivity index (χ4v) is 6.62. The zero-order chi connectivity index (χ0) is 33.6. The van der Waals surface area contributed by atoms with Gasteiger partial charge in [-0.3, -0.25) is 14.4 Å². The molecule has 4 atom stereocenters. The normalized spacial score (nSPS) is 18.6. The topological polar surface area (TPSA) is 80.3 Å². The van der Waals surface area contributed by atoms with E-state index in [-0.39, 0.29) is 21.3 Å². The highest BCUT2D eigenvalue weighted by molar-refractivity contribution is 7.87. The third-order valence-electron chi connectivity index (χ3n) is 7.14. The van der Waals surface area contributed by atoms with Gasteiger partial charge in [0.1, 0.15) is 32.6 Å². The highest BCUT2D eigenvalue weighted by Crippen LogP contribution is 2.65. The van der Waals surface area contributed by atoms with Gasteiger partial charge in [0.2, 0.25) is 5.91 Å². The molecule has 0 saturated heterocycles. The Morgan fingerprint density at radius 1 is 0.933 bits per heavy atom. The summed E-state index contributed by atoms with van der Waals surface area (Å²) in [7, 11) is -3.59. The van der Waals surface area contributed by atoms with E-state index in [2.05, 4.69) is 5.32 Å². The summed E-state index contributed by atoms with van der Waals surface area (Å²) in [4.78, 5) is 38.4. The Hall–Kier alpha value is -2.64. The Morgan fingerprint density at radius 2 is 1.58 bits per heavy atom. The number of hydrogen-bond acceptors (Lipinski definition) is 4. The molecule has 1 saturated carbocycles. The highest BCUT2D eigenvalue weighted by atomic mass is 35.5. The van der Waals surface area contributed by atoms with Gasteiger partial charge >= 0.3 is 5.51 Å². The molecule has 4 rings (SSSR count). The number of amides is 1.